The molecule has 1 atom stereocenters. The lowest BCUT2D eigenvalue weighted by molar-refractivity contribution is 0.705. The van der Waals surface area contributed by atoms with E-state index in [0.29, 0.717) is 6.54 Å². The molecule has 1 unspecified atom stereocenters. The van der Waals surface area contributed by atoms with E-state index < -0.39 is 0 Å². The molecule has 1 aromatic heterocycles. The lowest BCUT2D eigenvalue weighted by Gasteiger charge is -2.20. The minimum absolute atomic E-state index is 0.0225. The maximum atomic E-state index is 8.81. The number of hydrogen-bond donors (Lipinski definition) is 1. The summed E-state index contributed by atoms with van der Waals surface area (Å²) in [5.41, 5.74) is 0. The number of nitrogens with zero attached hydrogens (tertiary/aromatic N) is 4. The largest absolute Gasteiger partial charge is 0.373 e. The lowest BCUT2D eigenvalue weighted by Crippen LogP contribution is -2.24. The summed E-state index contributed by atoms with van der Waals surface area (Å²) in [5, 5.41) is 12.5. The Morgan fingerprint density at radius 2 is 2.29 bits per heavy atom. The Hall–Kier alpha value is -1.48. The second-order valence-corrected chi connectivity index (χ2v) is 4.53. The van der Waals surface area contributed by atoms with Crippen molar-refractivity contribution in [1.29, 1.82) is 5.26 Å². The second-order valence-electron chi connectivity index (χ2n) is 3.76. The van der Waals surface area contributed by atoms with Crippen molar-refractivity contribution in [2.75, 3.05) is 37.1 Å². The Morgan fingerprint density at radius 1 is 1.59 bits per heavy atom. The minimum atomic E-state index is -0.0225. The molecule has 0 aromatic carbocycles. The van der Waals surface area contributed by atoms with Gasteiger partial charge in [-0.3, -0.25) is 0 Å². The summed E-state index contributed by atoms with van der Waals surface area (Å²) in [4.78, 5) is 10.7. The molecule has 92 valence electrons. The van der Waals surface area contributed by atoms with Gasteiger partial charge in [0.15, 0.2) is 5.16 Å². The fourth-order valence-corrected chi connectivity index (χ4v) is 1.75. The maximum absolute atomic E-state index is 8.81. The average Bonchev–Trinajstić information content (AvgIpc) is 2.37. The van der Waals surface area contributed by atoms with Crippen LogP contribution in [0.3, 0.4) is 0 Å². The Bertz CT molecular complexity index is 393. The average molecular weight is 251 g/mol. The van der Waals surface area contributed by atoms with Gasteiger partial charge in [-0.05, 0) is 13.2 Å². The fourth-order valence-electron chi connectivity index (χ4n) is 1.37. The van der Waals surface area contributed by atoms with Gasteiger partial charge in [0.25, 0.3) is 0 Å². The standard InChI is InChI=1S/C11H17N5S/c1-8(6-12)7-16(3)10-5-9(13-2)14-11(15-10)17-4/h5,8H,7H2,1-4H3,(H,13,14,15). The van der Waals surface area contributed by atoms with Crippen molar-refractivity contribution in [2.45, 2.75) is 12.1 Å². The number of nitriles is 1. The minimum Gasteiger partial charge on any atom is -0.373 e. The van der Waals surface area contributed by atoms with Crippen molar-refractivity contribution < 1.29 is 0 Å². The number of anilines is 2. The van der Waals surface area contributed by atoms with Crippen LogP contribution in [-0.4, -0.2) is 36.9 Å². The molecule has 0 amide bonds. The first-order valence-corrected chi connectivity index (χ1v) is 6.54. The van der Waals surface area contributed by atoms with E-state index in [1.54, 1.807) is 0 Å². The molecule has 17 heavy (non-hydrogen) atoms. The van der Waals surface area contributed by atoms with Gasteiger partial charge in [-0.1, -0.05) is 11.8 Å². The third-order valence-corrected chi connectivity index (χ3v) is 2.84. The van der Waals surface area contributed by atoms with Gasteiger partial charge in [-0.15, -0.1) is 0 Å². The van der Waals surface area contributed by atoms with E-state index in [1.165, 1.54) is 11.8 Å². The van der Waals surface area contributed by atoms with Crippen LogP contribution in [0.2, 0.25) is 0 Å². The highest BCUT2D eigenvalue weighted by molar-refractivity contribution is 7.98. The summed E-state index contributed by atoms with van der Waals surface area (Å²) in [5.74, 6) is 1.59. The first-order chi connectivity index (χ1) is 8.10. The Balaban J connectivity index is 2.92. The quantitative estimate of drug-likeness (QED) is 0.636. The smallest absolute Gasteiger partial charge is 0.191 e. The predicted molar refractivity (Wildman–Crippen MR) is 71.4 cm³/mol. The summed E-state index contributed by atoms with van der Waals surface area (Å²) in [6, 6.07) is 4.10. The van der Waals surface area contributed by atoms with Gasteiger partial charge in [0.2, 0.25) is 0 Å². The van der Waals surface area contributed by atoms with E-state index >= 15 is 0 Å². The van der Waals surface area contributed by atoms with Crippen molar-refractivity contribution >= 4 is 23.4 Å². The van der Waals surface area contributed by atoms with E-state index in [2.05, 4.69) is 21.4 Å². The number of nitrogens with one attached hydrogen (secondary N) is 1. The molecule has 6 heteroatoms. The molecule has 0 bridgehead atoms. The monoisotopic (exact) mass is 251 g/mol. The van der Waals surface area contributed by atoms with Crippen LogP contribution in [0.15, 0.2) is 11.2 Å². The topological polar surface area (TPSA) is 64.8 Å². The van der Waals surface area contributed by atoms with Crippen LogP contribution in [0, 0.1) is 17.2 Å². The highest BCUT2D eigenvalue weighted by Crippen LogP contribution is 2.19. The van der Waals surface area contributed by atoms with E-state index in [0.717, 1.165) is 16.8 Å². The first kappa shape index (κ1) is 13.6. The Morgan fingerprint density at radius 3 is 2.82 bits per heavy atom. The molecule has 0 radical (unpaired) electrons. The van der Waals surface area contributed by atoms with Gasteiger partial charge in [0.05, 0.1) is 12.0 Å². The predicted octanol–water partition coefficient (Wildman–Crippen LogP) is 1.84. The fraction of sp³-hybridized carbons (Fsp3) is 0.545. The molecule has 1 N–H and O–H groups in total. The third-order valence-electron chi connectivity index (χ3n) is 2.29. The zero-order valence-electron chi connectivity index (χ0n) is 10.6. The van der Waals surface area contributed by atoms with Gasteiger partial charge in [0, 0.05) is 26.7 Å². The SMILES string of the molecule is CNc1cc(N(C)CC(C)C#N)nc(SC)n1. The first-order valence-electron chi connectivity index (χ1n) is 5.32. The number of hydrogen-bond acceptors (Lipinski definition) is 6. The summed E-state index contributed by atoms with van der Waals surface area (Å²) in [6.45, 7) is 2.55. The Labute approximate surface area is 106 Å². The summed E-state index contributed by atoms with van der Waals surface area (Å²) < 4.78 is 0. The molecular weight excluding hydrogens is 234 g/mol. The van der Waals surface area contributed by atoms with E-state index in [9.17, 15) is 0 Å². The van der Waals surface area contributed by atoms with Gasteiger partial charge < -0.3 is 10.2 Å². The molecule has 0 aliphatic carbocycles. The van der Waals surface area contributed by atoms with Crippen LogP contribution >= 0.6 is 11.8 Å². The van der Waals surface area contributed by atoms with Crippen LogP contribution in [0.4, 0.5) is 11.6 Å². The molecule has 0 spiro atoms. The van der Waals surface area contributed by atoms with Gasteiger partial charge in [0.1, 0.15) is 11.6 Å². The maximum Gasteiger partial charge on any atom is 0.191 e. The van der Waals surface area contributed by atoms with Crippen LogP contribution in [-0.2, 0) is 0 Å². The molecule has 1 aromatic rings. The van der Waals surface area contributed by atoms with Crippen LogP contribution in [0.5, 0.6) is 0 Å². The van der Waals surface area contributed by atoms with Crippen molar-refractivity contribution in [2.24, 2.45) is 5.92 Å². The highest BCUT2D eigenvalue weighted by Gasteiger charge is 2.10. The van der Waals surface area contributed by atoms with Crippen molar-refractivity contribution in [3.8, 4) is 6.07 Å². The summed E-state index contributed by atoms with van der Waals surface area (Å²) >= 11 is 1.50. The van der Waals surface area contributed by atoms with Crippen molar-refractivity contribution in [3.63, 3.8) is 0 Å². The molecule has 0 fully saturated rings. The number of thioether (sulfide) groups is 1. The molecule has 0 saturated heterocycles. The van der Waals surface area contributed by atoms with E-state index in [-0.39, 0.29) is 5.92 Å². The van der Waals surface area contributed by atoms with Gasteiger partial charge >= 0.3 is 0 Å². The third kappa shape index (κ3) is 3.79. The molecule has 1 heterocycles. The second kappa shape index (κ2) is 6.30. The van der Waals surface area contributed by atoms with Crippen molar-refractivity contribution in [3.05, 3.63) is 6.07 Å². The molecular formula is C11H17N5S. The van der Waals surface area contributed by atoms with Crippen molar-refractivity contribution in [1.82, 2.24) is 9.97 Å². The zero-order chi connectivity index (χ0) is 12.8. The normalized spacial score (nSPS) is 11.7. The lowest BCUT2D eigenvalue weighted by atomic mass is 10.2. The Kier molecular flexibility index (Phi) is 5.04. The summed E-state index contributed by atoms with van der Waals surface area (Å²) in [7, 11) is 3.76. The zero-order valence-corrected chi connectivity index (χ0v) is 11.4. The van der Waals surface area contributed by atoms with E-state index in [1.807, 2.05) is 38.2 Å². The molecule has 0 saturated carbocycles. The molecule has 0 aliphatic heterocycles. The number of rotatable bonds is 5. The molecule has 1 rings (SSSR count). The highest BCUT2D eigenvalue weighted by atomic mass is 32.2. The van der Waals surface area contributed by atoms with E-state index in [4.69, 9.17) is 5.26 Å². The number of aromatic nitrogens is 2. The van der Waals surface area contributed by atoms with Gasteiger partial charge in [-0.25, -0.2) is 9.97 Å². The van der Waals surface area contributed by atoms with Crippen LogP contribution in [0.1, 0.15) is 6.92 Å². The summed E-state index contributed by atoms with van der Waals surface area (Å²) in [6.07, 6.45) is 1.94. The van der Waals surface area contributed by atoms with Crippen LogP contribution in [0.25, 0.3) is 0 Å². The molecule has 5 nitrogen and oxygen atoms in total. The molecule has 0 aliphatic rings. The van der Waals surface area contributed by atoms with Crippen LogP contribution < -0.4 is 10.2 Å². The van der Waals surface area contributed by atoms with Gasteiger partial charge in [-0.2, -0.15) is 5.26 Å².